The number of piperazine rings is 1. The van der Waals surface area contributed by atoms with Crippen molar-refractivity contribution in [1.82, 2.24) is 9.80 Å². The second-order valence-corrected chi connectivity index (χ2v) is 9.89. The van der Waals surface area contributed by atoms with Gasteiger partial charge in [-0.15, -0.1) is 11.3 Å². The molecule has 28 heavy (non-hydrogen) atoms. The first kappa shape index (κ1) is 21.1. The highest BCUT2D eigenvalue weighted by atomic mass is 79.9. The molecular formula is C20H28BrN5OS. The third kappa shape index (κ3) is 4.67. The van der Waals surface area contributed by atoms with Crippen LogP contribution in [0.5, 0.6) is 0 Å². The monoisotopic (exact) mass is 465 g/mol. The summed E-state index contributed by atoms with van der Waals surface area (Å²) < 4.78 is 1.06. The second-order valence-electron chi connectivity index (χ2n) is 7.34. The van der Waals surface area contributed by atoms with Crippen molar-refractivity contribution in [2.75, 3.05) is 26.2 Å². The summed E-state index contributed by atoms with van der Waals surface area (Å²) in [7, 11) is 0. The highest BCUT2D eigenvalue weighted by Gasteiger charge is 2.31. The molecule has 3 rings (SSSR count). The number of aliphatic imine (C=N–C) groups is 1. The maximum Gasteiger partial charge on any atom is 0.239 e. The minimum atomic E-state index is -0.508. The van der Waals surface area contributed by atoms with Crippen molar-refractivity contribution >= 4 is 39.0 Å². The zero-order chi connectivity index (χ0) is 20.3. The number of nitrogens with zero attached hydrogens (tertiary/aromatic N) is 3. The molecule has 1 fully saturated rings. The Morgan fingerprint density at radius 3 is 2.61 bits per heavy atom. The highest BCUT2D eigenvalue weighted by molar-refractivity contribution is 9.11. The predicted molar refractivity (Wildman–Crippen MR) is 119 cm³/mol. The molecule has 0 bridgehead atoms. The summed E-state index contributed by atoms with van der Waals surface area (Å²) in [6, 6.07) is 3.49. The average Bonchev–Trinajstić information content (AvgIpc) is 3.24. The highest BCUT2D eigenvalue weighted by Crippen LogP contribution is 2.31. The first-order chi connectivity index (χ1) is 13.4. The summed E-state index contributed by atoms with van der Waals surface area (Å²) in [6.45, 7) is 8.67. The summed E-state index contributed by atoms with van der Waals surface area (Å²) in [5.74, 6) is 1.33. The molecule has 1 amide bonds. The van der Waals surface area contributed by atoms with Gasteiger partial charge in [0.2, 0.25) is 5.91 Å². The van der Waals surface area contributed by atoms with E-state index in [0.717, 1.165) is 51.7 Å². The number of hydrogen-bond acceptors (Lipinski definition) is 5. The first-order valence-corrected chi connectivity index (χ1v) is 11.2. The Hall–Kier alpha value is -1.64. The van der Waals surface area contributed by atoms with Crippen molar-refractivity contribution in [3.8, 4) is 0 Å². The lowest BCUT2D eigenvalue weighted by Gasteiger charge is -2.38. The van der Waals surface area contributed by atoms with E-state index in [4.69, 9.17) is 11.5 Å². The molecule has 0 saturated carbocycles. The Balaban J connectivity index is 1.61. The van der Waals surface area contributed by atoms with Gasteiger partial charge in [0.05, 0.1) is 9.83 Å². The largest absolute Gasteiger partial charge is 0.402 e. The van der Waals surface area contributed by atoms with Gasteiger partial charge in [-0.1, -0.05) is 13.5 Å². The normalized spacial score (nSPS) is 22.0. The van der Waals surface area contributed by atoms with Crippen molar-refractivity contribution < 1.29 is 4.79 Å². The first-order valence-electron chi connectivity index (χ1n) is 9.61. The number of halogens is 1. The molecule has 1 unspecified atom stereocenters. The third-order valence-electron chi connectivity index (χ3n) is 5.40. The van der Waals surface area contributed by atoms with E-state index in [0.29, 0.717) is 25.4 Å². The fourth-order valence-electron chi connectivity index (χ4n) is 3.88. The topological polar surface area (TPSA) is 88.0 Å². The molecule has 152 valence electrons. The summed E-state index contributed by atoms with van der Waals surface area (Å²) in [6.07, 6.45) is 4.12. The van der Waals surface area contributed by atoms with E-state index >= 15 is 0 Å². The van der Waals surface area contributed by atoms with Crippen LogP contribution in [0.1, 0.15) is 24.6 Å². The number of nitrogens with two attached hydrogens (primary N) is 2. The lowest BCUT2D eigenvalue weighted by atomic mass is 10.0. The Morgan fingerprint density at radius 1 is 1.39 bits per heavy atom. The molecule has 1 aromatic rings. The minimum Gasteiger partial charge on any atom is -0.402 e. The van der Waals surface area contributed by atoms with Crippen molar-refractivity contribution in [3.63, 3.8) is 0 Å². The lowest BCUT2D eigenvalue weighted by molar-refractivity contribution is -0.133. The van der Waals surface area contributed by atoms with Crippen LogP contribution in [0.3, 0.4) is 0 Å². The van der Waals surface area contributed by atoms with E-state index in [1.54, 1.807) is 17.5 Å². The van der Waals surface area contributed by atoms with Gasteiger partial charge in [0, 0.05) is 54.9 Å². The lowest BCUT2D eigenvalue weighted by Crippen LogP contribution is -2.55. The molecule has 1 aliphatic heterocycles. The molecule has 4 N–H and O–H groups in total. The van der Waals surface area contributed by atoms with Gasteiger partial charge in [0.25, 0.3) is 0 Å². The molecule has 6 nitrogen and oxygen atoms in total. The summed E-state index contributed by atoms with van der Waals surface area (Å²) in [4.78, 5) is 22.5. The van der Waals surface area contributed by atoms with Gasteiger partial charge < -0.3 is 21.3 Å². The van der Waals surface area contributed by atoms with Gasteiger partial charge in [-0.3, -0.25) is 4.79 Å². The van der Waals surface area contributed by atoms with Crippen LogP contribution in [0.2, 0.25) is 0 Å². The van der Waals surface area contributed by atoms with Crippen molar-refractivity contribution in [2.45, 2.75) is 32.2 Å². The number of thiophene rings is 1. The summed E-state index contributed by atoms with van der Waals surface area (Å²) in [5, 5.41) is 0. The van der Waals surface area contributed by atoms with Crippen LogP contribution in [-0.4, -0.2) is 53.8 Å². The SMILES string of the molecule is C=C/N=C(\C1=C(N)CCC1C)N1CCN(C(=O)[C@H](N)Cc2ccc(Br)s2)CC1. The molecular weight excluding hydrogens is 438 g/mol. The maximum atomic E-state index is 12.8. The van der Waals surface area contributed by atoms with Crippen LogP contribution >= 0.6 is 27.3 Å². The van der Waals surface area contributed by atoms with Gasteiger partial charge in [0.15, 0.2) is 0 Å². The van der Waals surface area contributed by atoms with Crippen LogP contribution in [0.4, 0.5) is 0 Å². The van der Waals surface area contributed by atoms with Gasteiger partial charge >= 0.3 is 0 Å². The van der Waals surface area contributed by atoms with E-state index in [-0.39, 0.29) is 5.91 Å². The van der Waals surface area contributed by atoms with Crippen LogP contribution in [0.25, 0.3) is 0 Å². The van der Waals surface area contributed by atoms with E-state index in [9.17, 15) is 4.79 Å². The standard InChI is InChI=1S/C20H28BrN5OS/c1-3-24-19(18-13(2)4-6-15(18)22)25-8-10-26(11-9-25)20(27)16(23)12-14-5-7-17(21)28-14/h3,5,7,13,16H,1,4,6,8-12,22-23H2,2H3/b24-19+/t13?,16-/m1/s1. The van der Waals surface area contributed by atoms with Crippen LogP contribution in [-0.2, 0) is 11.2 Å². The van der Waals surface area contributed by atoms with Crippen LogP contribution in [0.15, 0.2) is 45.0 Å². The molecule has 0 aromatic carbocycles. The Kier molecular flexibility index (Phi) is 6.95. The molecule has 2 aliphatic rings. The molecule has 1 saturated heterocycles. The Labute approximate surface area is 179 Å². The molecule has 2 heterocycles. The molecule has 1 aliphatic carbocycles. The van der Waals surface area contributed by atoms with Gasteiger partial charge in [-0.2, -0.15) is 0 Å². The van der Waals surface area contributed by atoms with Gasteiger partial charge in [-0.05, 0) is 46.8 Å². The zero-order valence-electron chi connectivity index (χ0n) is 16.2. The van der Waals surface area contributed by atoms with Crippen molar-refractivity contribution in [1.29, 1.82) is 0 Å². The predicted octanol–water partition coefficient (Wildman–Crippen LogP) is 2.71. The summed E-state index contributed by atoms with van der Waals surface area (Å²) in [5.41, 5.74) is 14.5. The molecule has 2 atom stereocenters. The van der Waals surface area contributed by atoms with Crippen LogP contribution < -0.4 is 11.5 Å². The molecule has 0 radical (unpaired) electrons. The number of allylic oxidation sites excluding steroid dienone is 1. The third-order valence-corrected chi connectivity index (χ3v) is 7.04. The number of rotatable bonds is 5. The van der Waals surface area contributed by atoms with E-state index < -0.39 is 6.04 Å². The van der Waals surface area contributed by atoms with Crippen LogP contribution in [0, 0.1) is 5.92 Å². The van der Waals surface area contributed by atoms with E-state index in [1.165, 1.54) is 0 Å². The zero-order valence-corrected chi connectivity index (χ0v) is 18.6. The maximum absolute atomic E-state index is 12.8. The fraction of sp³-hybridized carbons (Fsp3) is 0.500. The van der Waals surface area contributed by atoms with E-state index in [1.807, 2.05) is 17.0 Å². The number of carbonyl (C=O) groups excluding carboxylic acids is 1. The Morgan fingerprint density at radius 2 is 2.07 bits per heavy atom. The van der Waals surface area contributed by atoms with Crippen molar-refractivity contribution in [2.24, 2.45) is 22.4 Å². The van der Waals surface area contributed by atoms with Gasteiger partial charge in [0.1, 0.15) is 5.84 Å². The van der Waals surface area contributed by atoms with E-state index in [2.05, 4.69) is 39.3 Å². The van der Waals surface area contributed by atoms with Gasteiger partial charge in [-0.25, -0.2) is 4.99 Å². The average molecular weight is 466 g/mol. The number of amidine groups is 1. The summed E-state index contributed by atoms with van der Waals surface area (Å²) >= 11 is 5.07. The smallest absolute Gasteiger partial charge is 0.239 e. The number of carbonyl (C=O) groups is 1. The fourth-order valence-corrected chi connectivity index (χ4v) is 5.42. The molecule has 1 aromatic heterocycles. The minimum absolute atomic E-state index is 0.0133. The Bertz CT molecular complexity index is 794. The quantitative estimate of drug-likeness (QED) is 0.516. The van der Waals surface area contributed by atoms with Crippen molar-refractivity contribution in [3.05, 3.63) is 44.8 Å². The molecule has 0 spiro atoms. The number of amides is 1. The number of hydrogen-bond donors (Lipinski definition) is 2. The second kappa shape index (κ2) is 9.24. The molecule has 8 heteroatoms.